The van der Waals surface area contributed by atoms with Crippen LogP contribution in [0.25, 0.3) is 0 Å². The third-order valence-electron chi connectivity index (χ3n) is 2.95. The molecule has 0 aliphatic heterocycles. The van der Waals surface area contributed by atoms with Crippen molar-refractivity contribution < 1.29 is 32.7 Å². The SMILES string of the molecule is O=C(O)CSc1cc(Oc2ccc(Cl)cc2C(F)(F)F)ccc1[N+](=O)[O-]. The lowest BCUT2D eigenvalue weighted by atomic mass is 10.2. The number of halogens is 4. The van der Waals surface area contributed by atoms with Crippen molar-refractivity contribution in [2.45, 2.75) is 11.1 Å². The summed E-state index contributed by atoms with van der Waals surface area (Å²) in [6.07, 6.45) is -4.72. The van der Waals surface area contributed by atoms with Gasteiger partial charge in [0.2, 0.25) is 0 Å². The summed E-state index contributed by atoms with van der Waals surface area (Å²) in [6, 6.07) is 6.19. The first-order valence-electron chi connectivity index (χ1n) is 6.75. The van der Waals surface area contributed by atoms with E-state index < -0.39 is 34.1 Å². The highest BCUT2D eigenvalue weighted by atomic mass is 35.5. The minimum absolute atomic E-state index is 0.0441. The Morgan fingerprint density at radius 1 is 1.27 bits per heavy atom. The molecule has 0 amide bonds. The van der Waals surface area contributed by atoms with Crippen LogP contribution in [0.1, 0.15) is 5.56 Å². The number of carbonyl (C=O) groups is 1. The number of nitro benzene ring substituents is 1. The highest BCUT2D eigenvalue weighted by molar-refractivity contribution is 8.00. The largest absolute Gasteiger partial charge is 0.481 e. The lowest BCUT2D eigenvalue weighted by Gasteiger charge is -2.14. The first kappa shape index (κ1) is 19.9. The molecule has 0 heterocycles. The summed E-state index contributed by atoms with van der Waals surface area (Å²) in [7, 11) is 0. The molecule has 2 rings (SSSR count). The summed E-state index contributed by atoms with van der Waals surface area (Å²) in [4.78, 5) is 20.9. The van der Waals surface area contributed by atoms with Crippen LogP contribution in [0, 0.1) is 10.1 Å². The number of thioether (sulfide) groups is 1. The number of aliphatic carboxylic acids is 1. The molecule has 0 aliphatic rings. The quantitative estimate of drug-likeness (QED) is 0.400. The third kappa shape index (κ3) is 5.02. The fourth-order valence-electron chi connectivity index (χ4n) is 1.90. The zero-order valence-corrected chi connectivity index (χ0v) is 14.2. The Bertz CT molecular complexity index is 860. The number of hydrogen-bond acceptors (Lipinski definition) is 5. The minimum Gasteiger partial charge on any atom is -0.481 e. The molecule has 2 aromatic carbocycles. The van der Waals surface area contributed by atoms with E-state index in [1.807, 2.05) is 0 Å². The van der Waals surface area contributed by atoms with E-state index in [1.165, 1.54) is 6.07 Å². The number of ether oxygens (including phenoxy) is 1. The van der Waals surface area contributed by atoms with Gasteiger partial charge in [-0.25, -0.2) is 0 Å². The van der Waals surface area contributed by atoms with Gasteiger partial charge in [0.25, 0.3) is 5.69 Å². The van der Waals surface area contributed by atoms with Gasteiger partial charge in [-0.2, -0.15) is 13.2 Å². The van der Waals surface area contributed by atoms with Crippen molar-refractivity contribution in [2.24, 2.45) is 0 Å². The molecule has 0 bridgehead atoms. The highest BCUT2D eigenvalue weighted by Crippen LogP contribution is 2.41. The van der Waals surface area contributed by atoms with E-state index in [9.17, 15) is 28.1 Å². The van der Waals surface area contributed by atoms with Crippen molar-refractivity contribution in [3.63, 3.8) is 0 Å². The third-order valence-corrected chi connectivity index (χ3v) is 4.22. The van der Waals surface area contributed by atoms with Crippen LogP contribution in [-0.2, 0) is 11.0 Å². The lowest BCUT2D eigenvalue weighted by molar-refractivity contribution is -0.387. The first-order chi connectivity index (χ1) is 12.1. The zero-order valence-electron chi connectivity index (χ0n) is 12.6. The van der Waals surface area contributed by atoms with Gasteiger partial charge in [0.05, 0.1) is 21.1 Å². The maximum Gasteiger partial charge on any atom is 0.420 e. The molecule has 0 radical (unpaired) electrons. The number of carboxylic acid groups (broad SMARTS) is 1. The number of hydrogen-bond donors (Lipinski definition) is 1. The Balaban J connectivity index is 2.40. The molecule has 0 aliphatic carbocycles. The first-order valence-corrected chi connectivity index (χ1v) is 8.12. The Labute approximate surface area is 153 Å². The van der Waals surface area contributed by atoms with Gasteiger partial charge in [-0.05, 0) is 24.3 Å². The van der Waals surface area contributed by atoms with Crippen molar-refractivity contribution in [1.29, 1.82) is 0 Å². The van der Waals surface area contributed by atoms with Crippen molar-refractivity contribution in [1.82, 2.24) is 0 Å². The second-order valence-corrected chi connectivity index (χ2v) is 6.26. The number of benzene rings is 2. The van der Waals surface area contributed by atoms with E-state index in [-0.39, 0.29) is 21.4 Å². The summed E-state index contributed by atoms with van der Waals surface area (Å²) in [5, 5.41) is 19.6. The van der Waals surface area contributed by atoms with Crippen LogP contribution < -0.4 is 4.74 Å². The molecular weight excluding hydrogens is 399 g/mol. The van der Waals surface area contributed by atoms with E-state index in [0.29, 0.717) is 17.8 Å². The van der Waals surface area contributed by atoms with Gasteiger partial charge >= 0.3 is 12.1 Å². The summed E-state index contributed by atoms with van der Waals surface area (Å²) >= 11 is 6.24. The molecule has 11 heteroatoms. The fourth-order valence-corrected chi connectivity index (χ4v) is 2.84. The number of nitrogens with zero attached hydrogens (tertiary/aromatic N) is 1. The molecular formula is C15H9ClF3NO5S. The predicted molar refractivity (Wildman–Crippen MR) is 88.0 cm³/mol. The predicted octanol–water partition coefficient (Wildman–Crippen LogP) is 5.24. The average Bonchev–Trinajstić information content (AvgIpc) is 2.53. The van der Waals surface area contributed by atoms with Gasteiger partial charge in [-0.3, -0.25) is 14.9 Å². The molecule has 0 atom stereocenters. The Morgan fingerprint density at radius 3 is 2.54 bits per heavy atom. The maximum absolute atomic E-state index is 13.1. The van der Waals surface area contributed by atoms with Gasteiger partial charge in [-0.15, -0.1) is 11.8 Å². The molecule has 26 heavy (non-hydrogen) atoms. The molecule has 2 aromatic rings. The summed E-state index contributed by atoms with van der Waals surface area (Å²) < 4.78 is 44.5. The minimum atomic E-state index is -4.72. The van der Waals surface area contributed by atoms with E-state index in [4.69, 9.17) is 21.4 Å². The maximum atomic E-state index is 13.1. The number of carboxylic acids is 1. The van der Waals surface area contributed by atoms with Gasteiger partial charge in [-0.1, -0.05) is 11.6 Å². The van der Waals surface area contributed by atoms with E-state index in [2.05, 4.69) is 0 Å². The summed E-state index contributed by atoms with van der Waals surface area (Å²) in [5.74, 6) is -2.31. The average molecular weight is 408 g/mol. The van der Waals surface area contributed by atoms with Crippen LogP contribution in [0.2, 0.25) is 5.02 Å². The van der Waals surface area contributed by atoms with Gasteiger partial charge in [0, 0.05) is 17.2 Å². The molecule has 0 saturated heterocycles. The van der Waals surface area contributed by atoms with E-state index in [1.54, 1.807) is 0 Å². The Morgan fingerprint density at radius 2 is 1.96 bits per heavy atom. The van der Waals surface area contributed by atoms with Crippen molar-refractivity contribution in [3.8, 4) is 11.5 Å². The molecule has 0 unspecified atom stereocenters. The van der Waals surface area contributed by atoms with Crippen LogP contribution >= 0.6 is 23.4 Å². The van der Waals surface area contributed by atoms with Gasteiger partial charge in [0.15, 0.2) is 0 Å². The second-order valence-electron chi connectivity index (χ2n) is 4.81. The molecule has 0 fully saturated rings. The highest BCUT2D eigenvalue weighted by Gasteiger charge is 2.35. The number of nitro groups is 1. The smallest absolute Gasteiger partial charge is 0.420 e. The van der Waals surface area contributed by atoms with E-state index in [0.717, 1.165) is 24.3 Å². The summed E-state index contributed by atoms with van der Waals surface area (Å²) in [5.41, 5.74) is -1.49. The van der Waals surface area contributed by atoms with Crippen molar-refractivity contribution in [3.05, 3.63) is 57.1 Å². The number of rotatable bonds is 6. The zero-order chi connectivity index (χ0) is 19.5. The van der Waals surface area contributed by atoms with Crippen LogP contribution in [0.15, 0.2) is 41.3 Å². The van der Waals surface area contributed by atoms with Crippen LogP contribution in [-0.4, -0.2) is 21.8 Å². The normalized spacial score (nSPS) is 11.2. The molecule has 0 aromatic heterocycles. The van der Waals surface area contributed by atoms with Gasteiger partial charge in [0.1, 0.15) is 11.5 Å². The Hall–Kier alpha value is -2.46. The Kier molecular flexibility index (Phi) is 5.98. The van der Waals surface area contributed by atoms with Crippen molar-refractivity contribution >= 4 is 35.0 Å². The fraction of sp³-hybridized carbons (Fsp3) is 0.133. The monoisotopic (exact) mass is 407 g/mol. The molecule has 0 saturated carbocycles. The molecule has 138 valence electrons. The number of alkyl halides is 3. The van der Waals surface area contributed by atoms with Crippen LogP contribution in [0.5, 0.6) is 11.5 Å². The van der Waals surface area contributed by atoms with Crippen LogP contribution in [0.3, 0.4) is 0 Å². The van der Waals surface area contributed by atoms with Crippen molar-refractivity contribution in [2.75, 3.05) is 5.75 Å². The van der Waals surface area contributed by atoms with E-state index >= 15 is 0 Å². The second kappa shape index (κ2) is 7.83. The van der Waals surface area contributed by atoms with Gasteiger partial charge < -0.3 is 9.84 Å². The molecule has 6 nitrogen and oxygen atoms in total. The molecule has 0 spiro atoms. The lowest BCUT2D eigenvalue weighted by Crippen LogP contribution is -2.07. The summed E-state index contributed by atoms with van der Waals surface area (Å²) in [6.45, 7) is 0. The standard InChI is InChI=1S/C15H9ClF3NO5S/c16-8-1-4-12(10(5-8)15(17,18)19)25-9-2-3-11(20(23)24)13(6-9)26-7-14(21)22/h1-6H,7H2,(H,21,22). The topological polar surface area (TPSA) is 89.7 Å². The molecule has 1 N–H and O–H groups in total. The van der Waals surface area contributed by atoms with Crippen LogP contribution in [0.4, 0.5) is 18.9 Å².